The highest BCUT2D eigenvalue weighted by Crippen LogP contribution is 2.18. The Kier molecular flexibility index (Phi) is 6.56. The number of piperazine rings is 1. The van der Waals surface area contributed by atoms with Gasteiger partial charge in [-0.2, -0.15) is 4.31 Å². The molecule has 0 aliphatic carbocycles. The van der Waals surface area contributed by atoms with E-state index >= 15 is 0 Å². The smallest absolute Gasteiger partial charge is 0.253 e. The number of hydrogen-bond donors (Lipinski definition) is 1. The molecule has 1 aliphatic heterocycles. The minimum Gasteiger partial charge on any atom is -0.340 e. The monoisotopic (exact) mass is 435 g/mol. The van der Waals surface area contributed by atoms with Crippen LogP contribution in [0.25, 0.3) is 0 Å². The van der Waals surface area contributed by atoms with Crippen molar-refractivity contribution in [2.45, 2.75) is 17.9 Å². The second kappa shape index (κ2) is 8.94. The van der Waals surface area contributed by atoms with Gasteiger partial charge in [0.15, 0.2) is 0 Å². The number of hydrogen-bond acceptors (Lipinski definition) is 4. The third-order valence-corrected chi connectivity index (χ3v) is 7.01. The SMILES string of the molecule is C[C@@H](NC(=O)c1ccccc1Cl)C(=O)N1CCN(S(=O)(=O)c2ccccc2)CC1. The second-order valence-corrected chi connectivity index (χ2v) is 9.06. The zero-order valence-corrected chi connectivity index (χ0v) is 17.5. The van der Waals surface area contributed by atoms with Crippen molar-refractivity contribution in [2.75, 3.05) is 26.2 Å². The third kappa shape index (κ3) is 4.77. The summed E-state index contributed by atoms with van der Waals surface area (Å²) < 4.78 is 26.7. The van der Waals surface area contributed by atoms with Crippen LogP contribution < -0.4 is 5.32 Å². The quantitative estimate of drug-likeness (QED) is 0.778. The van der Waals surface area contributed by atoms with Gasteiger partial charge in [0.2, 0.25) is 15.9 Å². The molecule has 2 aromatic rings. The van der Waals surface area contributed by atoms with Gasteiger partial charge in [0.25, 0.3) is 5.91 Å². The molecular weight excluding hydrogens is 414 g/mol. The fourth-order valence-electron chi connectivity index (χ4n) is 3.15. The third-order valence-electron chi connectivity index (χ3n) is 4.77. The minimum atomic E-state index is -3.58. The molecule has 0 unspecified atom stereocenters. The Bertz CT molecular complexity index is 990. The molecule has 0 aromatic heterocycles. The molecule has 1 fully saturated rings. The molecule has 2 amide bonds. The first-order valence-electron chi connectivity index (χ1n) is 9.20. The van der Waals surface area contributed by atoms with Gasteiger partial charge in [-0.3, -0.25) is 9.59 Å². The molecule has 2 aromatic carbocycles. The number of halogens is 1. The van der Waals surface area contributed by atoms with Crippen LogP contribution in [0.1, 0.15) is 17.3 Å². The topological polar surface area (TPSA) is 86.8 Å². The molecular formula is C20H22ClN3O4S. The first-order valence-corrected chi connectivity index (χ1v) is 11.0. The first-order chi connectivity index (χ1) is 13.8. The van der Waals surface area contributed by atoms with Gasteiger partial charge in [0, 0.05) is 26.2 Å². The number of carbonyl (C=O) groups is 2. The summed E-state index contributed by atoms with van der Waals surface area (Å²) in [5.74, 6) is -0.691. The van der Waals surface area contributed by atoms with Crippen molar-refractivity contribution < 1.29 is 18.0 Å². The van der Waals surface area contributed by atoms with Gasteiger partial charge in [0.1, 0.15) is 6.04 Å². The number of sulfonamides is 1. The molecule has 1 aliphatic rings. The lowest BCUT2D eigenvalue weighted by molar-refractivity contribution is -0.134. The number of nitrogens with one attached hydrogen (secondary N) is 1. The molecule has 154 valence electrons. The number of carbonyl (C=O) groups excluding carboxylic acids is 2. The Hall–Kier alpha value is -2.42. The molecule has 0 bridgehead atoms. The minimum absolute atomic E-state index is 0.203. The number of nitrogens with zero attached hydrogens (tertiary/aromatic N) is 2. The Morgan fingerprint density at radius 2 is 1.55 bits per heavy atom. The highest BCUT2D eigenvalue weighted by atomic mass is 35.5. The summed E-state index contributed by atoms with van der Waals surface area (Å²) in [5, 5.41) is 2.96. The Labute approximate surface area is 175 Å². The molecule has 0 saturated carbocycles. The summed E-state index contributed by atoms with van der Waals surface area (Å²) in [7, 11) is -3.58. The van der Waals surface area contributed by atoms with Gasteiger partial charge in [-0.1, -0.05) is 41.9 Å². The summed E-state index contributed by atoms with van der Waals surface area (Å²) >= 11 is 6.02. The van der Waals surface area contributed by atoms with Crippen LogP contribution in [0.5, 0.6) is 0 Å². The van der Waals surface area contributed by atoms with Crippen LogP contribution in [0.4, 0.5) is 0 Å². The van der Waals surface area contributed by atoms with Crippen LogP contribution >= 0.6 is 11.6 Å². The Morgan fingerprint density at radius 3 is 2.17 bits per heavy atom. The van der Waals surface area contributed by atoms with Crippen molar-refractivity contribution in [3.8, 4) is 0 Å². The molecule has 3 rings (SSSR count). The standard InChI is InChI=1S/C20H22ClN3O4S/c1-15(22-19(25)17-9-5-6-10-18(17)21)20(26)23-11-13-24(14-12-23)29(27,28)16-7-3-2-4-8-16/h2-10,15H,11-14H2,1H3,(H,22,25)/t15-/m1/s1. The summed E-state index contributed by atoms with van der Waals surface area (Å²) in [6.45, 7) is 2.53. The summed E-state index contributed by atoms with van der Waals surface area (Å²) in [6.07, 6.45) is 0. The van der Waals surface area contributed by atoms with Crippen LogP contribution in [-0.2, 0) is 14.8 Å². The molecule has 0 radical (unpaired) electrons. The van der Waals surface area contributed by atoms with E-state index in [1.807, 2.05) is 0 Å². The van der Waals surface area contributed by atoms with Gasteiger partial charge in [-0.25, -0.2) is 8.42 Å². The Morgan fingerprint density at radius 1 is 0.966 bits per heavy atom. The van der Waals surface area contributed by atoms with Crippen LogP contribution in [-0.4, -0.2) is 61.7 Å². The molecule has 1 atom stereocenters. The molecule has 1 saturated heterocycles. The van der Waals surface area contributed by atoms with E-state index in [9.17, 15) is 18.0 Å². The van der Waals surface area contributed by atoms with Gasteiger partial charge in [-0.15, -0.1) is 0 Å². The average molecular weight is 436 g/mol. The van der Waals surface area contributed by atoms with E-state index in [0.29, 0.717) is 10.6 Å². The van der Waals surface area contributed by atoms with Crippen LogP contribution in [0, 0.1) is 0 Å². The maximum Gasteiger partial charge on any atom is 0.253 e. The predicted molar refractivity (Wildman–Crippen MR) is 110 cm³/mol. The maximum atomic E-state index is 12.7. The molecule has 29 heavy (non-hydrogen) atoms. The summed E-state index contributed by atoms with van der Waals surface area (Å²) in [4.78, 5) is 26.8. The fraction of sp³-hybridized carbons (Fsp3) is 0.300. The van der Waals surface area contributed by atoms with Crippen LogP contribution in [0.15, 0.2) is 59.5 Å². The highest BCUT2D eigenvalue weighted by molar-refractivity contribution is 7.89. The fourth-order valence-corrected chi connectivity index (χ4v) is 4.81. The van der Waals surface area contributed by atoms with Gasteiger partial charge >= 0.3 is 0 Å². The first kappa shape index (κ1) is 21.3. The summed E-state index contributed by atoms with van der Waals surface area (Å²) in [5.41, 5.74) is 0.299. The number of benzene rings is 2. The molecule has 9 heteroatoms. The predicted octanol–water partition coefficient (Wildman–Crippen LogP) is 1.99. The largest absolute Gasteiger partial charge is 0.340 e. The zero-order valence-electron chi connectivity index (χ0n) is 15.9. The number of rotatable bonds is 5. The van der Waals surface area contributed by atoms with Gasteiger partial charge in [0.05, 0.1) is 15.5 Å². The van der Waals surface area contributed by atoms with Crippen LogP contribution in [0.3, 0.4) is 0 Å². The van der Waals surface area contributed by atoms with Crippen molar-refractivity contribution in [2.24, 2.45) is 0 Å². The molecule has 0 spiro atoms. The van der Waals surface area contributed by atoms with E-state index in [2.05, 4.69) is 5.32 Å². The van der Waals surface area contributed by atoms with E-state index in [0.717, 1.165) is 0 Å². The van der Waals surface area contributed by atoms with Gasteiger partial charge in [-0.05, 0) is 31.2 Å². The molecule has 1 N–H and O–H groups in total. The number of amides is 2. The average Bonchev–Trinajstić information content (AvgIpc) is 2.74. The van der Waals surface area contributed by atoms with Crippen molar-refractivity contribution in [1.29, 1.82) is 0 Å². The lowest BCUT2D eigenvalue weighted by atomic mass is 10.2. The lowest BCUT2D eigenvalue weighted by Gasteiger charge is -2.35. The van der Waals surface area contributed by atoms with E-state index in [1.165, 1.54) is 4.31 Å². The zero-order chi connectivity index (χ0) is 21.0. The summed E-state index contributed by atoms with van der Waals surface area (Å²) in [6, 6.07) is 14.1. The second-order valence-electron chi connectivity index (χ2n) is 6.72. The van der Waals surface area contributed by atoms with Crippen molar-refractivity contribution in [3.05, 3.63) is 65.2 Å². The van der Waals surface area contributed by atoms with Crippen molar-refractivity contribution >= 4 is 33.4 Å². The van der Waals surface area contributed by atoms with Crippen LogP contribution in [0.2, 0.25) is 5.02 Å². The van der Waals surface area contributed by atoms with E-state index in [-0.39, 0.29) is 37.0 Å². The van der Waals surface area contributed by atoms with Gasteiger partial charge < -0.3 is 10.2 Å². The van der Waals surface area contributed by atoms with E-state index in [1.54, 1.807) is 66.4 Å². The van der Waals surface area contributed by atoms with Crippen molar-refractivity contribution in [3.63, 3.8) is 0 Å². The lowest BCUT2D eigenvalue weighted by Crippen LogP contribution is -2.55. The maximum absolute atomic E-state index is 12.7. The van der Waals surface area contributed by atoms with Crippen molar-refractivity contribution in [1.82, 2.24) is 14.5 Å². The van der Waals surface area contributed by atoms with E-state index < -0.39 is 22.0 Å². The normalized spacial score (nSPS) is 16.3. The molecule has 7 nitrogen and oxygen atoms in total. The van der Waals surface area contributed by atoms with E-state index in [4.69, 9.17) is 11.6 Å². The highest BCUT2D eigenvalue weighted by Gasteiger charge is 2.31. The Balaban J connectivity index is 1.58. The molecule has 1 heterocycles.